The van der Waals surface area contributed by atoms with E-state index in [-0.39, 0.29) is 0 Å². The van der Waals surface area contributed by atoms with Crippen LogP contribution in [0.3, 0.4) is 0 Å². The molecule has 0 amide bonds. The molecule has 136 valence electrons. The molecular formula is C21H27N5. The van der Waals surface area contributed by atoms with Gasteiger partial charge in [-0.25, -0.2) is 4.68 Å². The standard InChI is InChI=1S/C21H27N5/c1-14-7-5-9-20(15(14)2)26-21-10-6-8-19(18(21)13-24-26)22-11-17-12-23-25(4)16(17)3/h5,7,9,12-13,19,22H,6,8,10-11H2,1-4H3. The van der Waals surface area contributed by atoms with Crippen molar-refractivity contribution in [2.75, 3.05) is 0 Å². The van der Waals surface area contributed by atoms with Crippen molar-refractivity contribution in [2.24, 2.45) is 7.05 Å². The lowest BCUT2D eigenvalue weighted by Gasteiger charge is -2.24. The maximum absolute atomic E-state index is 4.76. The van der Waals surface area contributed by atoms with Crippen LogP contribution < -0.4 is 5.32 Å². The molecule has 5 heteroatoms. The first-order chi connectivity index (χ1) is 12.6. The van der Waals surface area contributed by atoms with E-state index in [9.17, 15) is 0 Å². The largest absolute Gasteiger partial charge is 0.306 e. The molecule has 1 N–H and O–H groups in total. The van der Waals surface area contributed by atoms with Gasteiger partial charge in [0, 0.05) is 42.1 Å². The van der Waals surface area contributed by atoms with Gasteiger partial charge < -0.3 is 5.32 Å². The van der Waals surface area contributed by atoms with Gasteiger partial charge in [-0.3, -0.25) is 4.68 Å². The van der Waals surface area contributed by atoms with Crippen molar-refractivity contribution in [2.45, 2.75) is 52.6 Å². The van der Waals surface area contributed by atoms with Gasteiger partial charge in [-0.05, 0) is 57.2 Å². The van der Waals surface area contributed by atoms with Crippen molar-refractivity contribution in [3.8, 4) is 5.69 Å². The fourth-order valence-electron chi connectivity index (χ4n) is 3.89. The van der Waals surface area contributed by atoms with Gasteiger partial charge in [0.15, 0.2) is 0 Å². The van der Waals surface area contributed by atoms with Crippen LogP contribution in [0.1, 0.15) is 52.5 Å². The number of hydrogen-bond acceptors (Lipinski definition) is 3. The third-order valence-electron chi connectivity index (χ3n) is 5.86. The smallest absolute Gasteiger partial charge is 0.0680 e. The quantitative estimate of drug-likeness (QED) is 0.781. The molecule has 4 rings (SSSR count). The molecule has 0 spiro atoms. The lowest BCUT2D eigenvalue weighted by molar-refractivity contribution is 0.454. The molecule has 2 aromatic heterocycles. The lowest BCUT2D eigenvalue weighted by atomic mass is 9.92. The van der Waals surface area contributed by atoms with Crippen LogP contribution in [0.5, 0.6) is 0 Å². The number of nitrogens with zero attached hydrogens (tertiary/aromatic N) is 4. The molecule has 3 aromatic rings. The SMILES string of the molecule is Cc1cccc(-n2ncc3c2CCCC3NCc2cnn(C)c2C)c1C. The monoisotopic (exact) mass is 349 g/mol. The highest BCUT2D eigenvalue weighted by atomic mass is 15.3. The summed E-state index contributed by atoms with van der Waals surface area (Å²) in [5, 5.41) is 12.8. The topological polar surface area (TPSA) is 47.7 Å². The van der Waals surface area contributed by atoms with Gasteiger partial charge >= 0.3 is 0 Å². The predicted molar refractivity (Wildman–Crippen MR) is 104 cm³/mol. The van der Waals surface area contributed by atoms with E-state index >= 15 is 0 Å². The molecule has 1 aliphatic carbocycles. The van der Waals surface area contributed by atoms with Crippen LogP contribution in [0.25, 0.3) is 5.69 Å². The molecule has 1 aliphatic rings. The van der Waals surface area contributed by atoms with Gasteiger partial charge in [0.2, 0.25) is 0 Å². The summed E-state index contributed by atoms with van der Waals surface area (Å²) in [4.78, 5) is 0. The molecule has 0 saturated carbocycles. The van der Waals surface area contributed by atoms with Crippen LogP contribution in [-0.4, -0.2) is 19.6 Å². The molecular weight excluding hydrogens is 322 g/mol. The summed E-state index contributed by atoms with van der Waals surface area (Å²) in [5.41, 5.74) is 9.00. The van der Waals surface area contributed by atoms with E-state index in [0.29, 0.717) is 6.04 Å². The third-order valence-corrected chi connectivity index (χ3v) is 5.86. The zero-order chi connectivity index (χ0) is 18.3. The van der Waals surface area contributed by atoms with E-state index in [4.69, 9.17) is 5.10 Å². The van der Waals surface area contributed by atoms with E-state index in [1.165, 1.54) is 45.7 Å². The molecule has 0 bridgehead atoms. The fourth-order valence-corrected chi connectivity index (χ4v) is 3.89. The summed E-state index contributed by atoms with van der Waals surface area (Å²) >= 11 is 0. The summed E-state index contributed by atoms with van der Waals surface area (Å²) in [6.07, 6.45) is 7.46. The highest BCUT2D eigenvalue weighted by molar-refractivity contribution is 5.46. The number of aryl methyl sites for hydroxylation is 2. The van der Waals surface area contributed by atoms with Gasteiger partial charge in [-0.2, -0.15) is 10.2 Å². The first-order valence-corrected chi connectivity index (χ1v) is 9.40. The Morgan fingerprint density at radius 2 is 2.00 bits per heavy atom. The number of benzene rings is 1. The number of fused-ring (bicyclic) bond motifs is 1. The second-order valence-corrected chi connectivity index (χ2v) is 7.38. The average Bonchev–Trinajstić information content (AvgIpc) is 3.20. The molecule has 26 heavy (non-hydrogen) atoms. The molecule has 0 saturated heterocycles. The second kappa shape index (κ2) is 6.72. The van der Waals surface area contributed by atoms with Crippen LogP contribution in [0.15, 0.2) is 30.6 Å². The third kappa shape index (κ3) is 2.86. The zero-order valence-electron chi connectivity index (χ0n) is 16.1. The number of aromatic nitrogens is 4. The normalized spacial score (nSPS) is 16.7. The molecule has 0 radical (unpaired) electrons. The van der Waals surface area contributed by atoms with Gasteiger partial charge in [-0.15, -0.1) is 0 Å². The van der Waals surface area contributed by atoms with Gasteiger partial charge in [0.1, 0.15) is 0 Å². The Labute approximate surface area is 155 Å². The van der Waals surface area contributed by atoms with Crippen molar-refractivity contribution in [3.05, 3.63) is 64.2 Å². The Kier molecular flexibility index (Phi) is 4.41. The Morgan fingerprint density at radius 1 is 1.15 bits per heavy atom. The van der Waals surface area contributed by atoms with Crippen molar-refractivity contribution in [1.29, 1.82) is 0 Å². The van der Waals surface area contributed by atoms with Gasteiger partial charge in [0.25, 0.3) is 0 Å². The van der Waals surface area contributed by atoms with Crippen LogP contribution in [0.2, 0.25) is 0 Å². The van der Waals surface area contributed by atoms with Crippen molar-refractivity contribution < 1.29 is 0 Å². The van der Waals surface area contributed by atoms with Crippen LogP contribution >= 0.6 is 0 Å². The molecule has 1 atom stereocenters. The Hall–Kier alpha value is -2.40. The summed E-state index contributed by atoms with van der Waals surface area (Å²) in [6.45, 7) is 7.31. The minimum Gasteiger partial charge on any atom is -0.306 e. The maximum Gasteiger partial charge on any atom is 0.0680 e. The fraction of sp³-hybridized carbons (Fsp3) is 0.429. The maximum atomic E-state index is 4.76. The van der Waals surface area contributed by atoms with E-state index in [1.807, 2.05) is 17.9 Å². The Morgan fingerprint density at radius 3 is 2.77 bits per heavy atom. The van der Waals surface area contributed by atoms with Crippen LogP contribution in [0, 0.1) is 20.8 Å². The number of hydrogen-bond donors (Lipinski definition) is 1. The van der Waals surface area contributed by atoms with E-state index in [1.54, 1.807) is 0 Å². The van der Waals surface area contributed by atoms with Crippen molar-refractivity contribution in [1.82, 2.24) is 24.9 Å². The molecule has 0 aliphatic heterocycles. The molecule has 1 aromatic carbocycles. The molecule has 5 nitrogen and oxygen atoms in total. The van der Waals surface area contributed by atoms with Crippen molar-refractivity contribution in [3.63, 3.8) is 0 Å². The summed E-state index contributed by atoms with van der Waals surface area (Å²) in [7, 11) is 1.99. The molecule has 0 fully saturated rings. The van der Waals surface area contributed by atoms with Crippen molar-refractivity contribution >= 4 is 0 Å². The van der Waals surface area contributed by atoms with E-state index in [0.717, 1.165) is 19.4 Å². The minimum atomic E-state index is 0.359. The summed E-state index contributed by atoms with van der Waals surface area (Å²) < 4.78 is 4.09. The number of rotatable bonds is 4. The van der Waals surface area contributed by atoms with E-state index < -0.39 is 0 Å². The van der Waals surface area contributed by atoms with Crippen LogP contribution in [-0.2, 0) is 20.0 Å². The summed E-state index contributed by atoms with van der Waals surface area (Å²) in [6, 6.07) is 6.81. The van der Waals surface area contributed by atoms with E-state index in [2.05, 4.69) is 60.3 Å². The lowest BCUT2D eigenvalue weighted by Crippen LogP contribution is -2.25. The average molecular weight is 349 g/mol. The number of nitrogens with one attached hydrogen (secondary N) is 1. The van der Waals surface area contributed by atoms with Gasteiger partial charge in [-0.1, -0.05) is 12.1 Å². The van der Waals surface area contributed by atoms with Gasteiger partial charge in [0.05, 0.1) is 18.1 Å². The minimum absolute atomic E-state index is 0.359. The zero-order valence-corrected chi connectivity index (χ0v) is 16.1. The second-order valence-electron chi connectivity index (χ2n) is 7.38. The first kappa shape index (κ1) is 17.0. The molecule has 1 unspecified atom stereocenters. The Bertz CT molecular complexity index is 934. The first-order valence-electron chi connectivity index (χ1n) is 9.40. The highest BCUT2D eigenvalue weighted by Gasteiger charge is 2.25. The summed E-state index contributed by atoms with van der Waals surface area (Å²) in [5.74, 6) is 0. The highest BCUT2D eigenvalue weighted by Crippen LogP contribution is 2.32. The predicted octanol–water partition coefficient (Wildman–Crippen LogP) is 3.70. The van der Waals surface area contributed by atoms with Crippen LogP contribution in [0.4, 0.5) is 0 Å². The Balaban J connectivity index is 1.61. The molecule has 2 heterocycles.